The van der Waals surface area contributed by atoms with Gasteiger partial charge in [-0.05, 0) is 41.6 Å². The molecule has 1 aromatic heterocycles. The van der Waals surface area contributed by atoms with Crippen LogP contribution >= 0.6 is 15.9 Å². The molecule has 0 radical (unpaired) electrons. The molecular weight excluding hydrogens is 290 g/mol. The van der Waals surface area contributed by atoms with E-state index in [0.29, 0.717) is 0 Å². The summed E-state index contributed by atoms with van der Waals surface area (Å²) in [6.45, 7) is 10.8. The van der Waals surface area contributed by atoms with Gasteiger partial charge < -0.3 is 4.90 Å². The highest BCUT2D eigenvalue weighted by Gasteiger charge is 2.25. The summed E-state index contributed by atoms with van der Waals surface area (Å²) < 4.78 is 0.881. The van der Waals surface area contributed by atoms with Crippen molar-refractivity contribution in [2.75, 3.05) is 18.0 Å². The standard InChI is InChI=1S/C14H22BrN3/c1-5-18(9-10-6-7-10)12-8-11(15)16-13(17-12)14(2,3)4/h8,10H,5-7,9H2,1-4H3. The molecule has 0 amide bonds. The van der Waals surface area contributed by atoms with Gasteiger partial charge in [0, 0.05) is 24.6 Å². The van der Waals surface area contributed by atoms with Gasteiger partial charge in [0.15, 0.2) is 0 Å². The summed E-state index contributed by atoms with van der Waals surface area (Å²) in [5.41, 5.74) is -0.0163. The number of anilines is 1. The Bertz CT molecular complexity index is 422. The predicted octanol–water partition coefficient (Wildman–Crippen LogP) is 3.77. The van der Waals surface area contributed by atoms with Gasteiger partial charge in [0.2, 0.25) is 0 Å². The molecule has 100 valence electrons. The van der Waals surface area contributed by atoms with Gasteiger partial charge in [-0.25, -0.2) is 9.97 Å². The SMILES string of the molecule is CCN(CC1CC1)c1cc(Br)nc(C(C)(C)C)n1. The second kappa shape index (κ2) is 5.16. The second-order valence-corrected chi connectivity index (χ2v) is 6.92. The minimum atomic E-state index is -0.0163. The fraction of sp³-hybridized carbons (Fsp3) is 0.714. The lowest BCUT2D eigenvalue weighted by Gasteiger charge is -2.24. The van der Waals surface area contributed by atoms with Gasteiger partial charge in [0.1, 0.15) is 16.2 Å². The van der Waals surface area contributed by atoms with Crippen molar-refractivity contribution in [3.63, 3.8) is 0 Å². The van der Waals surface area contributed by atoms with E-state index in [-0.39, 0.29) is 5.41 Å². The van der Waals surface area contributed by atoms with Crippen LogP contribution in [0.1, 0.15) is 46.4 Å². The zero-order valence-electron chi connectivity index (χ0n) is 11.7. The average molecular weight is 312 g/mol. The Kier molecular flexibility index (Phi) is 3.95. The monoisotopic (exact) mass is 311 g/mol. The molecule has 0 saturated heterocycles. The molecule has 2 rings (SSSR count). The van der Waals surface area contributed by atoms with Gasteiger partial charge in [0.05, 0.1) is 0 Å². The van der Waals surface area contributed by atoms with Gasteiger partial charge in [-0.3, -0.25) is 0 Å². The third-order valence-corrected chi connectivity index (χ3v) is 3.64. The van der Waals surface area contributed by atoms with Crippen LogP contribution in [-0.2, 0) is 5.41 Å². The maximum atomic E-state index is 4.74. The van der Waals surface area contributed by atoms with Gasteiger partial charge in [-0.15, -0.1) is 0 Å². The first kappa shape index (κ1) is 13.8. The van der Waals surface area contributed by atoms with E-state index >= 15 is 0 Å². The molecule has 1 aliphatic rings. The minimum Gasteiger partial charge on any atom is -0.356 e. The first-order valence-corrected chi connectivity index (χ1v) is 7.49. The first-order chi connectivity index (χ1) is 8.40. The zero-order valence-corrected chi connectivity index (χ0v) is 13.3. The van der Waals surface area contributed by atoms with Crippen molar-refractivity contribution in [3.05, 3.63) is 16.5 Å². The maximum Gasteiger partial charge on any atom is 0.137 e. The van der Waals surface area contributed by atoms with E-state index in [2.05, 4.69) is 53.5 Å². The molecule has 1 aliphatic carbocycles. The van der Waals surface area contributed by atoms with Gasteiger partial charge in [-0.2, -0.15) is 0 Å². The third kappa shape index (κ3) is 3.44. The van der Waals surface area contributed by atoms with Crippen LogP contribution in [0.4, 0.5) is 5.82 Å². The molecule has 3 nitrogen and oxygen atoms in total. The number of hydrogen-bond acceptors (Lipinski definition) is 3. The second-order valence-electron chi connectivity index (χ2n) is 6.10. The van der Waals surface area contributed by atoms with Crippen LogP contribution in [0.15, 0.2) is 10.7 Å². The fourth-order valence-electron chi connectivity index (χ4n) is 1.90. The fourth-order valence-corrected chi connectivity index (χ4v) is 2.27. The normalized spacial score (nSPS) is 15.8. The van der Waals surface area contributed by atoms with Crippen molar-refractivity contribution in [1.82, 2.24) is 9.97 Å². The lowest BCUT2D eigenvalue weighted by molar-refractivity contribution is 0.541. The smallest absolute Gasteiger partial charge is 0.137 e. The van der Waals surface area contributed by atoms with Crippen LogP contribution in [0.25, 0.3) is 0 Å². The van der Waals surface area contributed by atoms with E-state index in [9.17, 15) is 0 Å². The van der Waals surface area contributed by atoms with E-state index < -0.39 is 0 Å². The highest BCUT2D eigenvalue weighted by atomic mass is 79.9. The van der Waals surface area contributed by atoms with Crippen LogP contribution < -0.4 is 4.90 Å². The first-order valence-electron chi connectivity index (χ1n) is 6.70. The number of nitrogens with zero attached hydrogens (tertiary/aromatic N) is 3. The molecule has 0 bridgehead atoms. The molecule has 0 aliphatic heterocycles. The lowest BCUT2D eigenvalue weighted by atomic mass is 9.96. The predicted molar refractivity (Wildman–Crippen MR) is 79.0 cm³/mol. The molecule has 1 heterocycles. The summed E-state index contributed by atoms with van der Waals surface area (Å²) in [6.07, 6.45) is 2.74. The molecule has 0 atom stereocenters. The minimum absolute atomic E-state index is 0.0163. The molecule has 18 heavy (non-hydrogen) atoms. The van der Waals surface area contributed by atoms with Crippen molar-refractivity contribution in [3.8, 4) is 0 Å². The summed E-state index contributed by atoms with van der Waals surface area (Å²) in [4.78, 5) is 11.6. The summed E-state index contributed by atoms with van der Waals surface area (Å²) in [5, 5.41) is 0. The molecule has 4 heteroatoms. The molecule has 0 N–H and O–H groups in total. The molecule has 1 aromatic rings. The van der Waals surface area contributed by atoms with Crippen LogP contribution in [0.5, 0.6) is 0 Å². The Morgan fingerprint density at radius 1 is 1.33 bits per heavy atom. The summed E-state index contributed by atoms with van der Waals surface area (Å²) in [5.74, 6) is 2.83. The Hall–Kier alpha value is -0.640. The quantitative estimate of drug-likeness (QED) is 0.793. The Morgan fingerprint density at radius 3 is 2.50 bits per heavy atom. The molecule has 1 saturated carbocycles. The molecule has 0 unspecified atom stereocenters. The molecule has 0 aromatic carbocycles. The summed E-state index contributed by atoms with van der Waals surface area (Å²) >= 11 is 3.51. The van der Waals surface area contributed by atoms with Gasteiger partial charge >= 0.3 is 0 Å². The Morgan fingerprint density at radius 2 is 2.00 bits per heavy atom. The van der Waals surface area contributed by atoms with Crippen LogP contribution in [0.3, 0.4) is 0 Å². The zero-order chi connectivity index (χ0) is 13.3. The number of rotatable bonds is 4. The van der Waals surface area contributed by atoms with Crippen LogP contribution in [0, 0.1) is 5.92 Å². The number of halogens is 1. The van der Waals surface area contributed by atoms with Gasteiger partial charge in [0.25, 0.3) is 0 Å². The molecule has 0 spiro atoms. The number of hydrogen-bond donors (Lipinski definition) is 0. The summed E-state index contributed by atoms with van der Waals surface area (Å²) in [7, 11) is 0. The topological polar surface area (TPSA) is 29.0 Å². The van der Waals surface area contributed by atoms with Crippen molar-refractivity contribution >= 4 is 21.7 Å². The third-order valence-electron chi connectivity index (χ3n) is 3.23. The highest BCUT2D eigenvalue weighted by molar-refractivity contribution is 9.10. The summed E-state index contributed by atoms with van der Waals surface area (Å²) in [6, 6.07) is 2.03. The van der Waals surface area contributed by atoms with Crippen LogP contribution in [0.2, 0.25) is 0 Å². The van der Waals surface area contributed by atoms with Crippen molar-refractivity contribution in [1.29, 1.82) is 0 Å². The number of aromatic nitrogens is 2. The highest BCUT2D eigenvalue weighted by Crippen LogP contribution is 2.32. The lowest BCUT2D eigenvalue weighted by Crippen LogP contribution is -2.28. The van der Waals surface area contributed by atoms with Crippen LogP contribution in [-0.4, -0.2) is 23.1 Å². The van der Waals surface area contributed by atoms with Crippen molar-refractivity contribution < 1.29 is 0 Å². The Balaban J connectivity index is 2.27. The van der Waals surface area contributed by atoms with E-state index in [0.717, 1.165) is 35.3 Å². The van der Waals surface area contributed by atoms with Crippen molar-refractivity contribution in [2.45, 2.75) is 46.0 Å². The maximum absolute atomic E-state index is 4.74. The van der Waals surface area contributed by atoms with E-state index in [1.54, 1.807) is 0 Å². The van der Waals surface area contributed by atoms with Crippen molar-refractivity contribution in [2.24, 2.45) is 5.92 Å². The van der Waals surface area contributed by atoms with E-state index in [1.807, 2.05) is 6.07 Å². The largest absolute Gasteiger partial charge is 0.356 e. The van der Waals surface area contributed by atoms with Gasteiger partial charge in [-0.1, -0.05) is 20.8 Å². The van der Waals surface area contributed by atoms with E-state index in [1.165, 1.54) is 12.8 Å². The molecule has 1 fully saturated rings. The Labute approximate surface area is 118 Å². The molecular formula is C14H22BrN3. The van der Waals surface area contributed by atoms with E-state index in [4.69, 9.17) is 4.98 Å². The average Bonchev–Trinajstić information content (AvgIpc) is 3.07.